The minimum absolute atomic E-state index is 0.0703. The van der Waals surface area contributed by atoms with Gasteiger partial charge >= 0.3 is 0 Å². The van der Waals surface area contributed by atoms with Crippen molar-refractivity contribution >= 4 is 5.91 Å². The minimum atomic E-state index is 0.0703. The third-order valence-electron chi connectivity index (χ3n) is 3.79. The molecule has 0 aromatic heterocycles. The van der Waals surface area contributed by atoms with E-state index in [0.29, 0.717) is 25.0 Å². The highest BCUT2D eigenvalue weighted by molar-refractivity contribution is 5.76. The maximum atomic E-state index is 11.5. The van der Waals surface area contributed by atoms with Crippen molar-refractivity contribution in [1.29, 1.82) is 0 Å². The van der Waals surface area contributed by atoms with Crippen LogP contribution in [0.2, 0.25) is 0 Å². The van der Waals surface area contributed by atoms with Gasteiger partial charge in [0, 0.05) is 36.9 Å². The molecule has 1 aliphatic heterocycles. The van der Waals surface area contributed by atoms with E-state index < -0.39 is 0 Å². The summed E-state index contributed by atoms with van der Waals surface area (Å²) < 4.78 is 5.66. The van der Waals surface area contributed by atoms with Gasteiger partial charge in [-0.2, -0.15) is 0 Å². The fourth-order valence-electron chi connectivity index (χ4n) is 2.99. The van der Waals surface area contributed by atoms with E-state index in [-0.39, 0.29) is 17.4 Å². The molecule has 86 valence electrons. The van der Waals surface area contributed by atoms with Gasteiger partial charge in [-0.15, -0.1) is 0 Å². The lowest BCUT2D eigenvalue weighted by molar-refractivity contribution is -0.137. The number of ether oxygens (including phenoxy) is 1. The molecule has 2 fully saturated rings. The summed E-state index contributed by atoms with van der Waals surface area (Å²) >= 11 is 0. The Kier molecular flexibility index (Phi) is 2.73. The second kappa shape index (κ2) is 3.76. The summed E-state index contributed by atoms with van der Waals surface area (Å²) in [6.07, 6.45) is 1.83. The Bertz CT molecular complexity index is 265. The zero-order valence-corrected chi connectivity index (χ0v) is 9.45. The monoisotopic (exact) mass is 212 g/mol. The number of carbonyl (C=O) groups is 1. The Hall–Kier alpha value is -0.610. The molecular weight excluding hydrogens is 192 g/mol. The molecule has 0 aromatic rings. The van der Waals surface area contributed by atoms with Crippen LogP contribution in [0.1, 0.15) is 26.7 Å². The van der Waals surface area contributed by atoms with Crippen LogP contribution in [0.3, 0.4) is 0 Å². The fourth-order valence-corrected chi connectivity index (χ4v) is 2.99. The van der Waals surface area contributed by atoms with Gasteiger partial charge in [-0.25, -0.2) is 0 Å². The van der Waals surface area contributed by atoms with Crippen LogP contribution >= 0.6 is 0 Å². The van der Waals surface area contributed by atoms with Crippen LogP contribution in [0, 0.1) is 11.3 Å². The zero-order valence-electron chi connectivity index (χ0n) is 9.45. The number of hydrogen-bond donors (Lipinski definition) is 2. The van der Waals surface area contributed by atoms with Crippen molar-refractivity contribution in [1.82, 2.24) is 5.32 Å². The molecule has 2 aliphatic rings. The molecule has 2 rings (SSSR count). The fraction of sp³-hybridized carbons (Fsp3) is 0.909. The zero-order chi connectivity index (χ0) is 11.1. The van der Waals surface area contributed by atoms with Crippen molar-refractivity contribution in [3.8, 4) is 0 Å². The number of nitrogens with two attached hydrogens (primary N) is 1. The van der Waals surface area contributed by atoms with Gasteiger partial charge < -0.3 is 15.8 Å². The third kappa shape index (κ3) is 1.66. The molecule has 4 heteroatoms. The van der Waals surface area contributed by atoms with Crippen LogP contribution in [0.25, 0.3) is 0 Å². The molecule has 0 radical (unpaired) electrons. The molecule has 1 amide bonds. The molecule has 3 N–H and O–H groups in total. The van der Waals surface area contributed by atoms with Crippen LogP contribution in [0.5, 0.6) is 0 Å². The molecule has 1 aliphatic carbocycles. The van der Waals surface area contributed by atoms with Crippen molar-refractivity contribution < 1.29 is 9.53 Å². The molecule has 4 nitrogen and oxygen atoms in total. The summed E-state index contributed by atoms with van der Waals surface area (Å²) in [6, 6.07) is 0.268. The van der Waals surface area contributed by atoms with Gasteiger partial charge in [0.15, 0.2) is 0 Å². The summed E-state index contributed by atoms with van der Waals surface area (Å²) in [6.45, 7) is 5.57. The van der Waals surface area contributed by atoms with E-state index in [1.54, 1.807) is 0 Å². The predicted octanol–water partition coefficient (Wildman–Crippen LogP) is 0.265. The van der Waals surface area contributed by atoms with Gasteiger partial charge in [-0.05, 0) is 6.42 Å². The lowest BCUT2D eigenvalue weighted by Crippen LogP contribution is -2.66. The van der Waals surface area contributed by atoms with Crippen LogP contribution in [0.15, 0.2) is 0 Å². The second-order valence-electron chi connectivity index (χ2n) is 5.15. The largest absolute Gasteiger partial charge is 0.377 e. The van der Waals surface area contributed by atoms with E-state index in [0.717, 1.165) is 13.0 Å². The number of fused-ring (bicyclic) bond motifs is 1. The first kappa shape index (κ1) is 10.9. The normalized spacial score (nSPS) is 36.9. The molecule has 1 heterocycles. The minimum Gasteiger partial charge on any atom is -0.377 e. The van der Waals surface area contributed by atoms with E-state index in [9.17, 15) is 4.79 Å². The summed E-state index contributed by atoms with van der Waals surface area (Å²) in [5.74, 6) is 0.586. The average molecular weight is 212 g/mol. The lowest BCUT2D eigenvalue weighted by atomic mass is 9.57. The first-order valence-corrected chi connectivity index (χ1v) is 5.68. The molecule has 15 heavy (non-hydrogen) atoms. The molecule has 1 saturated heterocycles. The number of rotatable bonds is 3. The van der Waals surface area contributed by atoms with Gasteiger partial charge in [0.2, 0.25) is 5.91 Å². The van der Waals surface area contributed by atoms with Crippen molar-refractivity contribution in [2.45, 2.75) is 38.8 Å². The average Bonchev–Trinajstić information content (AvgIpc) is 2.61. The number of nitrogens with one attached hydrogen (secondary N) is 1. The first-order chi connectivity index (χ1) is 7.07. The Labute approximate surface area is 90.5 Å². The van der Waals surface area contributed by atoms with Crippen molar-refractivity contribution in [2.75, 3.05) is 13.2 Å². The van der Waals surface area contributed by atoms with Gasteiger partial charge in [0.05, 0.1) is 6.10 Å². The van der Waals surface area contributed by atoms with E-state index in [4.69, 9.17) is 10.5 Å². The Morgan fingerprint density at radius 3 is 3.00 bits per heavy atom. The van der Waals surface area contributed by atoms with E-state index in [1.807, 2.05) is 0 Å². The Morgan fingerprint density at radius 2 is 2.33 bits per heavy atom. The summed E-state index contributed by atoms with van der Waals surface area (Å²) in [4.78, 5) is 11.5. The summed E-state index contributed by atoms with van der Waals surface area (Å²) in [5.41, 5.74) is 5.43. The van der Waals surface area contributed by atoms with Crippen molar-refractivity contribution in [2.24, 2.45) is 17.1 Å². The van der Waals surface area contributed by atoms with Gasteiger partial charge in [-0.3, -0.25) is 4.79 Å². The van der Waals surface area contributed by atoms with Gasteiger partial charge in [-0.1, -0.05) is 13.8 Å². The van der Waals surface area contributed by atoms with Crippen molar-refractivity contribution in [3.05, 3.63) is 0 Å². The van der Waals surface area contributed by atoms with Gasteiger partial charge in [0.25, 0.3) is 0 Å². The predicted molar refractivity (Wildman–Crippen MR) is 57.2 cm³/mol. The highest BCUT2D eigenvalue weighted by Gasteiger charge is 2.59. The third-order valence-corrected chi connectivity index (χ3v) is 3.79. The molecule has 0 bridgehead atoms. The van der Waals surface area contributed by atoms with E-state index in [1.165, 1.54) is 0 Å². The number of hydrogen-bond acceptors (Lipinski definition) is 3. The molecule has 0 spiro atoms. The van der Waals surface area contributed by atoms with Crippen LogP contribution in [-0.4, -0.2) is 31.2 Å². The van der Waals surface area contributed by atoms with Crippen LogP contribution < -0.4 is 11.1 Å². The molecule has 1 saturated carbocycles. The van der Waals surface area contributed by atoms with Gasteiger partial charge in [0.1, 0.15) is 0 Å². The highest BCUT2D eigenvalue weighted by atomic mass is 16.5. The standard InChI is InChI=1S/C11H20N2O2/c1-11(2)9(13-8(14)3-5-12)7-4-6-15-10(7)11/h7,9-10H,3-6,12H2,1-2H3,(H,13,14)/t7-,9+,10+/m0/s1. The Morgan fingerprint density at radius 1 is 1.60 bits per heavy atom. The molecule has 0 unspecified atom stereocenters. The Balaban J connectivity index is 1.95. The number of amides is 1. The van der Waals surface area contributed by atoms with Crippen LogP contribution in [0.4, 0.5) is 0 Å². The maximum Gasteiger partial charge on any atom is 0.221 e. The van der Waals surface area contributed by atoms with Crippen LogP contribution in [-0.2, 0) is 9.53 Å². The molecule has 0 aromatic carbocycles. The number of carbonyl (C=O) groups excluding carboxylic acids is 1. The molecule has 3 atom stereocenters. The highest BCUT2D eigenvalue weighted by Crippen LogP contribution is 2.52. The first-order valence-electron chi connectivity index (χ1n) is 5.68. The SMILES string of the molecule is CC1(C)[C@H](NC(=O)CCN)[C@@H]2CCO[C@H]21. The van der Waals surface area contributed by atoms with E-state index >= 15 is 0 Å². The quantitative estimate of drug-likeness (QED) is 0.705. The van der Waals surface area contributed by atoms with Crippen molar-refractivity contribution in [3.63, 3.8) is 0 Å². The van der Waals surface area contributed by atoms with E-state index in [2.05, 4.69) is 19.2 Å². The lowest BCUT2D eigenvalue weighted by Gasteiger charge is -2.54. The summed E-state index contributed by atoms with van der Waals surface area (Å²) in [7, 11) is 0. The maximum absolute atomic E-state index is 11.5. The topological polar surface area (TPSA) is 64.4 Å². The summed E-state index contributed by atoms with van der Waals surface area (Å²) in [5, 5.41) is 3.08. The smallest absolute Gasteiger partial charge is 0.221 e. The molecular formula is C11H20N2O2. The second-order valence-corrected chi connectivity index (χ2v) is 5.15.